The number of carbonyl (C=O) groups is 1. The summed E-state index contributed by atoms with van der Waals surface area (Å²) < 4.78 is 13.1. The molecule has 0 aliphatic rings. The zero-order valence-electron chi connectivity index (χ0n) is 10.9. The number of hydrogen-bond acceptors (Lipinski definition) is 4. The Morgan fingerprint density at radius 2 is 2.29 bits per heavy atom. The van der Waals surface area contributed by atoms with E-state index < -0.39 is 5.97 Å². The highest BCUT2D eigenvalue weighted by atomic mass is 127. The van der Waals surface area contributed by atoms with Gasteiger partial charge in [0.25, 0.3) is 0 Å². The number of furan rings is 1. The highest BCUT2D eigenvalue weighted by Gasteiger charge is 2.04. The molecule has 3 aromatic heterocycles. The maximum atomic E-state index is 11.6. The number of pyridine rings is 1. The highest BCUT2D eigenvalue weighted by Crippen LogP contribution is 2.11. The average molecular weight is 394 g/mol. The van der Waals surface area contributed by atoms with Crippen LogP contribution in [-0.4, -0.2) is 15.4 Å². The Labute approximate surface area is 134 Å². The van der Waals surface area contributed by atoms with Gasteiger partial charge in [-0.25, -0.2) is 9.78 Å². The normalized spacial score (nSPS) is 11.3. The van der Waals surface area contributed by atoms with Gasteiger partial charge < -0.3 is 13.6 Å². The van der Waals surface area contributed by atoms with Crippen molar-refractivity contribution in [3.63, 3.8) is 0 Å². The summed E-state index contributed by atoms with van der Waals surface area (Å²) in [6, 6.07) is 9.32. The lowest BCUT2D eigenvalue weighted by atomic mass is 10.4. The first-order valence-corrected chi connectivity index (χ1v) is 7.31. The van der Waals surface area contributed by atoms with Crippen LogP contribution in [0, 0.1) is 3.77 Å². The molecular weight excluding hydrogens is 383 g/mol. The third-order valence-corrected chi connectivity index (χ3v) is 3.33. The Kier molecular flexibility index (Phi) is 4.05. The highest BCUT2D eigenvalue weighted by molar-refractivity contribution is 14.1. The van der Waals surface area contributed by atoms with Gasteiger partial charge in [0, 0.05) is 18.5 Å². The molecule has 5 nitrogen and oxygen atoms in total. The second kappa shape index (κ2) is 6.13. The number of rotatable bonds is 4. The molecule has 0 aromatic carbocycles. The number of carbonyl (C=O) groups excluding carboxylic acids is 1. The van der Waals surface area contributed by atoms with Crippen molar-refractivity contribution in [1.82, 2.24) is 9.38 Å². The second-order valence-corrected chi connectivity index (χ2v) is 5.34. The van der Waals surface area contributed by atoms with E-state index in [1.54, 1.807) is 12.1 Å². The van der Waals surface area contributed by atoms with Gasteiger partial charge in [-0.05, 0) is 52.9 Å². The van der Waals surface area contributed by atoms with Crippen LogP contribution >= 0.6 is 22.6 Å². The molecule has 3 heterocycles. The molecule has 0 fully saturated rings. The first kappa shape index (κ1) is 13.9. The van der Waals surface area contributed by atoms with Gasteiger partial charge >= 0.3 is 5.97 Å². The molecule has 0 amide bonds. The minimum atomic E-state index is -0.432. The zero-order valence-corrected chi connectivity index (χ0v) is 13.1. The molecule has 0 saturated carbocycles. The molecule has 0 spiro atoms. The van der Waals surface area contributed by atoms with Gasteiger partial charge in [0.2, 0.25) is 0 Å². The second-order valence-electron chi connectivity index (χ2n) is 4.28. The first-order valence-electron chi connectivity index (χ1n) is 6.23. The van der Waals surface area contributed by atoms with Crippen molar-refractivity contribution in [1.29, 1.82) is 0 Å². The van der Waals surface area contributed by atoms with Crippen LogP contribution in [0.25, 0.3) is 11.7 Å². The third-order valence-electron chi connectivity index (χ3n) is 2.75. The molecule has 0 aliphatic heterocycles. The molecular formula is C15H11IN2O3. The monoisotopic (exact) mass is 394 g/mol. The first-order chi connectivity index (χ1) is 10.2. The van der Waals surface area contributed by atoms with Gasteiger partial charge in [0.1, 0.15) is 18.0 Å². The Morgan fingerprint density at radius 1 is 1.38 bits per heavy atom. The van der Waals surface area contributed by atoms with E-state index in [9.17, 15) is 4.79 Å². The fraction of sp³-hybridized carbons (Fsp3) is 0.0667. The molecule has 0 bridgehead atoms. The van der Waals surface area contributed by atoms with Crippen LogP contribution in [0.5, 0.6) is 0 Å². The smallest absolute Gasteiger partial charge is 0.331 e. The lowest BCUT2D eigenvalue weighted by molar-refractivity contribution is -0.139. The van der Waals surface area contributed by atoms with Crippen molar-refractivity contribution in [2.75, 3.05) is 0 Å². The molecule has 0 N–H and O–H groups in total. The van der Waals surface area contributed by atoms with E-state index in [0.29, 0.717) is 11.5 Å². The van der Waals surface area contributed by atoms with Crippen LogP contribution in [0.1, 0.15) is 11.5 Å². The Bertz CT molecular complexity index is 771. The van der Waals surface area contributed by atoms with E-state index >= 15 is 0 Å². The minimum Gasteiger partial charge on any atom is -0.456 e. The van der Waals surface area contributed by atoms with Gasteiger partial charge in [-0.2, -0.15) is 0 Å². The predicted octanol–water partition coefficient (Wildman–Crippen LogP) is 3.29. The fourth-order valence-electron chi connectivity index (χ4n) is 1.82. The van der Waals surface area contributed by atoms with E-state index in [4.69, 9.17) is 9.15 Å². The number of aromatic nitrogens is 2. The van der Waals surface area contributed by atoms with Crippen LogP contribution in [0.4, 0.5) is 0 Å². The lowest BCUT2D eigenvalue weighted by Crippen LogP contribution is -2.00. The fourth-order valence-corrected chi connectivity index (χ4v) is 2.25. The quantitative estimate of drug-likeness (QED) is 0.387. The number of fused-ring (bicyclic) bond motifs is 1. The van der Waals surface area contributed by atoms with Crippen LogP contribution in [-0.2, 0) is 16.1 Å². The molecule has 0 atom stereocenters. The third kappa shape index (κ3) is 3.52. The Hall–Kier alpha value is -2.09. The van der Waals surface area contributed by atoms with Crippen LogP contribution in [0.2, 0.25) is 0 Å². The molecule has 6 heteroatoms. The van der Waals surface area contributed by atoms with Crippen molar-refractivity contribution < 1.29 is 13.9 Å². The van der Waals surface area contributed by atoms with E-state index in [1.165, 1.54) is 6.08 Å². The number of ether oxygens (including phenoxy) is 1. The molecule has 0 saturated heterocycles. The van der Waals surface area contributed by atoms with Crippen LogP contribution in [0.15, 0.2) is 53.2 Å². The maximum Gasteiger partial charge on any atom is 0.331 e. The van der Waals surface area contributed by atoms with Gasteiger partial charge in [-0.1, -0.05) is 6.07 Å². The summed E-state index contributed by atoms with van der Waals surface area (Å²) in [7, 11) is 0. The largest absolute Gasteiger partial charge is 0.456 e. The number of halogens is 1. The van der Waals surface area contributed by atoms with Crippen molar-refractivity contribution in [3.05, 3.63) is 64.0 Å². The summed E-state index contributed by atoms with van der Waals surface area (Å²) in [5.41, 5.74) is 1.53. The summed E-state index contributed by atoms with van der Waals surface area (Å²) >= 11 is 2.06. The van der Waals surface area contributed by atoms with Crippen molar-refractivity contribution in [2.45, 2.75) is 6.61 Å². The predicted molar refractivity (Wildman–Crippen MR) is 85.4 cm³/mol. The van der Waals surface area contributed by atoms with Gasteiger partial charge in [-0.15, -0.1) is 0 Å². The number of hydrogen-bond donors (Lipinski definition) is 0. The topological polar surface area (TPSA) is 56.7 Å². The Morgan fingerprint density at radius 3 is 3.05 bits per heavy atom. The molecule has 3 aromatic rings. The molecule has 0 aliphatic carbocycles. The summed E-state index contributed by atoms with van der Waals surface area (Å²) in [4.78, 5) is 16.0. The minimum absolute atomic E-state index is 0.139. The SMILES string of the molecule is O=C(/C=C/c1ccc(I)o1)OCc1cn2ccccc2n1. The summed E-state index contributed by atoms with van der Waals surface area (Å²) in [6.07, 6.45) is 6.65. The summed E-state index contributed by atoms with van der Waals surface area (Å²) in [5, 5.41) is 0. The molecule has 106 valence electrons. The Balaban J connectivity index is 1.59. The summed E-state index contributed by atoms with van der Waals surface area (Å²) in [6.45, 7) is 0.139. The van der Waals surface area contributed by atoms with Crippen molar-refractivity contribution in [2.24, 2.45) is 0 Å². The van der Waals surface area contributed by atoms with E-state index in [2.05, 4.69) is 27.6 Å². The van der Waals surface area contributed by atoms with Crippen molar-refractivity contribution in [3.8, 4) is 0 Å². The van der Waals surface area contributed by atoms with Gasteiger partial charge in [0.05, 0.1) is 5.69 Å². The van der Waals surface area contributed by atoms with Crippen LogP contribution in [0.3, 0.4) is 0 Å². The number of nitrogens with zero attached hydrogens (tertiary/aromatic N) is 2. The number of imidazole rings is 1. The molecule has 21 heavy (non-hydrogen) atoms. The van der Waals surface area contributed by atoms with E-state index in [0.717, 1.165) is 9.41 Å². The van der Waals surface area contributed by atoms with Crippen molar-refractivity contribution >= 4 is 40.3 Å². The van der Waals surface area contributed by atoms with Crippen LogP contribution < -0.4 is 0 Å². The standard InChI is InChI=1S/C15H11IN2O3/c16-13-6-4-12(21-13)5-7-15(19)20-10-11-9-18-8-2-1-3-14(18)17-11/h1-9H,10H2/b7-5+. The average Bonchev–Trinajstić information content (AvgIpc) is 3.08. The lowest BCUT2D eigenvalue weighted by Gasteiger charge is -1.97. The summed E-state index contributed by atoms with van der Waals surface area (Å²) in [5.74, 6) is 0.183. The van der Waals surface area contributed by atoms with E-state index in [-0.39, 0.29) is 6.61 Å². The molecule has 0 radical (unpaired) electrons. The number of esters is 1. The van der Waals surface area contributed by atoms with E-state index in [1.807, 2.05) is 41.1 Å². The van der Waals surface area contributed by atoms with Gasteiger partial charge in [-0.3, -0.25) is 0 Å². The zero-order chi connectivity index (χ0) is 14.7. The molecule has 0 unspecified atom stereocenters. The maximum absolute atomic E-state index is 11.6. The molecule has 3 rings (SSSR count). The van der Waals surface area contributed by atoms with Gasteiger partial charge in [0.15, 0.2) is 3.77 Å².